The van der Waals surface area contributed by atoms with Gasteiger partial charge in [0.15, 0.2) is 0 Å². The molecule has 3 heteroatoms. The van der Waals surface area contributed by atoms with Gasteiger partial charge < -0.3 is 10.6 Å². The topological polar surface area (TPSA) is 41.1 Å². The van der Waals surface area contributed by atoms with Crippen molar-refractivity contribution in [3.05, 3.63) is 29.3 Å². The zero-order chi connectivity index (χ0) is 14.9. The maximum atomic E-state index is 12.1. The summed E-state index contributed by atoms with van der Waals surface area (Å²) in [5.41, 5.74) is 3.63. The molecular weight excluding hydrogens is 260 g/mol. The summed E-state index contributed by atoms with van der Waals surface area (Å²) in [7, 11) is 0. The van der Waals surface area contributed by atoms with Crippen molar-refractivity contribution < 1.29 is 4.79 Å². The molecule has 0 bridgehead atoms. The molecule has 1 aromatic rings. The van der Waals surface area contributed by atoms with Crippen LogP contribution in [0.5, 0.6) is 0 Å². The minimum Gasteiger partial charge on any atom is -0.326 e. The van der Waals surface area contributed by atoms with Crippen molar-refractivity contribution in [3.63, 3.8) is 0 Å². The Kier molecular flexibility index (Phi) is 6.74. The molecule has 0 spiro atoms. The van der Waals surface area contributed by atoms with Gasteiger partial charge in [0.05, 0.1) is 0 Å². The van der Waals surface area contributed by atoms with Gasteiger partial charge in [-0.1, -0.05) is 51.2 Å². The van der Waals surface area contributed by atoms with Gasteiger partial charge in [0.25, 0.3) is 0 Å². The van der Waals surface area contributed by atoms with E-state index >= 15 is 0 Å². The highest BCUT2D eigenvalue weighted by Gasteiger charge is 2.13. The molecule has 0 unspecified atom stereocenters. The highest BCUT2D eigenvalue weighted by Crippen LogP contribution is 2.23. The highest BCUT2D eigenvalue weighted by molar-refractivity contribution is 5.91. The van der Waals surface area contributed by atoms with Crippen LogP contribution < -0.4 is 10.6 Å². The lowest BCUT2D eigenvalue weighted by Gasteiger charge is -2.20. The second-order valence-electron chi connectivity index (χ2n) is 5.94. The van der Waals surface area contributed by atoms with Gasteiger partial charge in [-0.25, -0.2) is 0 Å². The molecule has 1 amide bonds. The molecule has 0 saturated heterocycles. The van der Waals surface area contributed by atoms with Crippen LogP contribution in [0.4, 0.5) is 5.69 Å². The van der Waals surface area contributed by atoms with Crippen molar-refractivity contribution in [3.8, 4) is 0 Å². The van der Waals surface area contributed by atoms with Crippen molar-refractivity contribution in [2.75, 3.05) is 11.9 Å². The Labute approximate surface area is 128 Å². The average molecular weight is 288 g/mol. The summed E-state index contributed by atoms with van der Waals surface area (Å²) >= 11 is 0. The van der Waals surface area contributed by atoms with E-state index in [1.54, 1.807) is 0 Å². The molecule has 116 valence electrons. The second kappa shape index (κ2) is 8.83. The molecule has 0 fully saturated rings. The molecule has 1 heterocycles. The number of hydrogen-bond acceptors (Lipinski definition) is 2. The number of anilines is 1. The molecule has 2 N–H and O–H groups in total. The Morgan fingerprint density at radius 2 is 2.00 bits per heavy atom. The standard InChI is InChI=1S/C18H28N2O/c1-2-3-4-5-6-7-11-18(21)20-17-10-8-9-15-12-13-19-14-16(15)17/h8-10,19H,2-7,11-14H2,1H3,(H,20,21). The summed E-state index contributed by atoms with van der Waals surface area (Å²) in [6, 6.07) is 6.23. The summed E-state index contributed by atoms with van der Waals surface area (Å²) in [6.07, 6.45) is 9.01. The zero-order valence-corrected chi connectivity index (χ0v) is 13.2. The van der Waals surface area contributed by atoms with Crippen LogP contribution in [0, 0.1) is 0 Å². The first-order valence-electron chi connectivity index (χ1n) is 8.42. The summed E-state index contributed by atoms with van der Waals surface area (Å²) in [6.45, 7) is 4.12. The fourth-order valence-corrected chi connectivity index (χ4v) is 2.91. The third-order valence-corrected chi connectivity index (χ3v) is 4.18. The minimum atomic E-state index is 0.157. The van der Waals surface area contributed by atoms with Gasteiger partial charge in [-0.3, -0.25) is 4.79 Å². The average Bonchev–Trinajstić information content (AvgIpc) is 2.51. The molecule has 21 heavy (non-hydrogen) atoms. The smallest absolute Gasteiger partial charge is 0.224 e. The number of carbonyl (C=O) groups is 1. The Morgan fingerprint density at radius 1 is 1.19 bits per heavy atom. The van der Waals surface area contributed by atoms with Crippen molar-refractivity contribution in [2.45, 2.75) is 64.8 Å². The lowest BCUT2D eigenvalue weighted by Crippen LogP contribution is -2.25. The van der Waals surface area contributed by atoms with E-state index in [1.807, 2.05) is 12.1 Å². The fraction of sp³-hybridized carbons (Fsp3) is 0.611. The third-order valence-electron chi connectivity index (χ3n) is 4.18. The fourth-order valence-electron chi connectivity index (χ4n) is 2.91. The van der Waals surface area contributed by atoms with Crippen molar-refractivity contribution >= 4 is 11.6 Å². The van der Waals surface area contributed by atoms with Gasteiger partial charge in [-0.05, 0) is 36.6 Å². The van der Waals surface area contributed by atoms with Crippen LogP contribution >= 0.6 is 0 Å². The predicted molar refractivity (Wildman–Crippen MR) is 88.5 cm³/mol. The maximum Gasteiger partial charge on any atom is 0.224 e. The number of nitrogens with one attached hydrogen (secondary N) is 2. The Hall–Kier alpha value is -1.35. The molecule has 0 radical (unpaired) electrons. The SMILES string of the molecule is CCCCCCCCC(=O)Nc1cccc2c1CNCC2. The van der Waals surface area contributed by atoms with Gasteiger partial charge >= 0.3 is 0 Å². The van der Waals surface area contributed by atoms with E-state index in [0.29, 0.717) is 6.42 Å². The number of fused-ring (bicyclic) bond motifs is 1. The molecule has 3 nitrogen and oxygen atoms in total. The Morgan fingerprint density at radius 3 is 2.86 bits per heavy atom. The van der Waals surface area contributed by atoms with Crippen LogP contribution in [-0.2, 0) is 17.8 Å². The Bertz CT molecular complexity index is 457. The quantitative estimate of drug-likeness (QED) is 0.709. The molecule has 1 aliphatic heterocycles. The van der Waals surface area contributed by atoms with Crippen LogP contribution in [0.2, 0.25) is 0 Å². The molecule has 0 saturated carbocycles. The van der Waals surface area contributed by atoms with E-state index in [1.165, 1.54) is 43.2 Å². The molecule has 0 atom stereocenters. The first-order chi connectivity index (χ1) is 10.3. The second-order valence-corrected chi connectivity index (χ2v) is 5.94. The number of benzene rings is 1. The lowest BCUT2D eigenvalue weighted by molar-refractivity contribution is -0.116. The summed E-state index contributed by atoms with van der Waals surface area (Å²) < 4.78 is 0. The first-order valence-corrected chi connectivity index (χ1v) is 8.42. The molecular formula is C18H28N2O. The van der Waals surface area contributed by atoms with Crippen molar-refractivity contribution in [1.82, 2.24) is 5.32 Å². The van der Waals surface area contributed by atoms with Gasteiger partial charge in [0.2, 0.25) is 5.91 Å². The van der Waals surface area contributed by atoms with E-state index in [-0.39, 0.29) is 5.91 Å². The number of hydrogen-bond donors (Lipinski definition) is 2. The normalized spacial score (nSPS) is 13.8. The van der Waals surface area contributed by atoms with E-state index in [4.69, 9.17) is 0 Å². The molecule has 1 aliphatic rings. The molecule has 0 aliphatic carbocycles. The summed E-state index contributed by atoms with van der Waals surface area (Å²) in [5.74, 6) is 0.157. The van der Waals surface area contributed by atoms with Crippen LogP contribution in [0.15, 0.2) is 18.2 Å². The van der Waals surface area contributed by atoms with E-state index in [0.717, 1.165) is 31.6 Å². The summed E-state index contributed by atoms with van der Waals surface area (Å²) in [5, 5.41) is 6.47. The van der Waals surface area contributed by atoms with Gasteiger partial charge in [-0.2, -0.15) is 0 Å². The lowest BCUT2D eigenvalue weighted by atomic mass is 9.99. The Balaban J connectivity index is 1.75. The number of amides is 1. The molecule has 1 aromatic carbocycles. The van der Waals surface area contributed by atoms with Gasteiger partial charge in [0.1, 0.15) is 0 Å². The van der Waals surface area contributed by atoms with Crippen molar-refractivity contribution in [1.29, 1.82) is 0 Å². The van der Waals surface area contributed by atoms with Crippen LogP contribution in [-0.4, -0.2) is 12.5 Å². The van der Waals surface area contributed by atoms with Gasteiger partial charge in [-0.15, -0.1) is 0 Å². The number of rotatable bonds is 8. The number of carbonyl (C=O) groups excluding carboxylic acids is 1. The largest absolute Gasteiger partial charge is 0.326 e. The van der Waals surface area contributed by atoms with E-state index < -0.39 is 0 Å². The monoisotopic (exact) mass is 288 g/mol. The van der Waals surface area contributed by atoms with Crippen LogP contribution in [0.25, 0.3) is 0 Å². The minimum absolute atomic E-state index is 0.157. The maximum absolute atomic E-state index is 12.1. The van der Waals surface area contributed by atoms with E-state index in [9.17, 15) is 4.79 Å². The molecule has 0 aromatic heterocycles. The van der Waals surface area contributed by atoms with Crippen molar-refractivity contribution in [2.24, 2.45) is 0 Å². The zero-order valence-electron chi connectivity index (χ0n) is 13.2. The molecule has 2 rings (SSSR count). The highest BCUT2D eigenvalue weighted by atomic mass is 16.1. The van der Waals surface area contributed by atoms with E-state index in [2.05, 4.69) is 23.6 Å². The third kappa shape index (κ3) is 5.16. The first kappa shape index (κ1) is 16.0. The predicted octanol–water partition coefficient (Wildman–Crippen LogP) is 4.02. The number of unbranched alkanes of at least 4 members (excludes halogenated alkanes) is 5. The van der Waals surface area contributed by atoms with Crippen LogP contribution in [0.3, 0.4) is 0 Å². The van der Waals surface area contributed by atoms with Crippen LogP contribution in [0.1, 0.15) is 63.0 Å². The summed E-state index contributed by atoms with van der Waals surface area (Å²) in [4.78, 5) is 12.1. The van der Waals surface area contributed by atoms with Gasteiger partial charge in [0, 0.05) is 18.7 Å².